The van der Waals surface area contributed by atoms with E-state index in [9.17, 15) is 14.9 Å². The lowest BCUT2D eigenvalue weighted by Crippen LogP contribution is -2.25. The summed E-state index contributed by atoms with van der Waals surface area (Å²) in [7, 11) is 0. The number of amides is 1. The van der Waals surface area contributed by atoms with Crippen molar-refractivity contribution in [2.75, 3.05) is 11.9 Å². The molecule has 0 bridgehead atoms. The zero-order valence-electron chi connectivity index (χ0n) is 20.9. The van der Waals surface area contributed by atoms with Crippen molar-refractivity contribution in [1.82, 2.24) is 4.68 Å². The van der Waals surface area contributed by atoms with Crippen molar-refractivity contribution >= 4 is 40.0 Å². The number of para-hydroxylation sites is 2. The molecular formula is C29H25N5O4S. The highest BCUT2D eigenvalue weighted by Crippen LogP contribution is 2.35. The number of fused-ring (bicyclic) bond motifs is 1. The number of carbonyl (C=O) groups is 1. The van der Waals surface area contributed by atoms with Gasteiger partial charge < -0.3 is 10.1 Å². The quantitative estimate of drug-likeness (QED) is 0.239. The van der Waals surface area contributed by atoms with Crippen LogP contribution in [0.2, 0.25) is 0 Å². The summed E-state index contributed by atoms with van der Waals surface area (Å²) < 4.78 is 7.29. The van der Waals surface area contributed by atoms with Gasteiger partial charge in [-0.3, -0.25) is 14.9 Å². The number of nitrogens with zero attached hydrogens (tertiary/aromatic N) is 4. The second-order valence-electron chi connectivity index (χ2n) is 9.47. The minimum Gasteiger partial charge on any atom is -0.482 e. The number of benzene rings is 3. The van der Waals surface area contributed by atoms with Gasteiger partial charge in [0.25, 0.3) is 11.6 Å². The molecule has 0 saturated heterocycles. The van der Waals surface area contributed by atoms with Crippen LogP contribution in [0.15, 0.2) is 88.3 Å². The maximum absolute atomic E-state index is 11.9. The number of hydrogen-bond donors (Lipinski definition) is 1. The molecule has 3 aromatic carbocycles. The summed E-state index contributed by atoms with van der Waals surface area (Å²) >= 11 is 1.36. The molecule has 0 radical (unpaired) electrons. The van der Waals surface area contributed by atoms with Crippen molar-refractivity contribution in [3.8, 4) is 17.0 Å². The maximum atomic E-state index is 11.9. The molecule has 10 heteroatoms. The van der Waals surface area contributed by atoms with Crippen molar-refractivity contribution < 1.29 is 14.5 Å². The smallest absolute Gasteiger partial charge is 0.294 e. The van der Waals surface area contributed by atoms with E-state index in [1.165, 1.54) is 23.0 Å². The molecule has 1 saturated carbocycles. The number of rotatable bonds is 5. The third-order valence-corrected chi connectivity index (χ3v) is 7.78. The molecule has 9 nitrogen and oxygen atoms in total. The molecule has 2 aliphatic rings. The van der Waals surface area contributed by atoms with Gasteiger partial charge in [-0.25, -0.2) is 9.67 Å². The van der Waals surface area contributed by atoms with Crippen molar-refractivity contribution in [1.29, 1.82) is 0 Å². The molecule has 0 unspecified atom stereocenters. The highest BCUT2D eigenvalue weighted by molar-refractivity contribution is 7.07. The number of ether oxygens (including phenoxy) is 1. The monoisotopic (exact) mass is 539 g/mol. The Morgan fingerprint density at radius 1 is 1.03 bits per heavy atom. The van der Waals surface area contributed by atoms with Gasteiger partial charge in [0.2, 0.25) is 4.80 Å². The minimum atomic E-state index is -0.430. The van der Waals surface area contributed by atoms with E-state index in [0.29, 0.717) is 22.2 Å². The number of aromatic nitrogens is 1. The first-order chi connectivity index (χ1) is 19.0. The first-order valence-electron chi connectivity index (χ1n) is 12.7. The molecule has 1 fully saturated rings. The lowest BCUT2D eigenvalue weighted by molar-refractivity contribution is -0.384. The predicted molar refractivity (Wildman–Crippen MR) is 151 cm³/mol. The Bertz CT molecular complexity index is 1650. The van der Waals surface area contributed by atoms with E-state index in [-0.39, 0.29) is 23.9 Å². The molecule has 6 rings (SSSR count). The summed E-state index contributed by atoms with van der Waals surface area (Å²) in [5.41, 5.74) is 4.80. The number of anilines is 1. The summed E-state index contributed by atoms with van der Waals surface area (Å²) in [4.78, 5) is 28.3. The van der Waals surface area contributed by atoms with Crippen molar-refractivity contribution in [2.24, 2.45) is 10.1 Å². The van der Waals surface area contributed by atoms with Crippen LogP contribution in [0.5, 0.6) is 5.75 Å². The minimum absolute atomic E-state index is 0.0126. The van der Waals surface area contributed by atoms with Gasteiger partial charge in [-0.1, -0.05) is 42.5 Å². The predicted octanol–water partition coefficient (Wildman–Crippen LogP) is 6.25. The molecule has 4 aromatic rings. The Morgan fingerprint density at radius 2 is 1.79 bits per heavy atom. The van der Waals surface area contributed by atoms with E-state index in [0.717, 1.165) is 42.7 Å². The summed E-state index contributed by atoms with van der Waals surface area (Å²) in [6.45, 7) is -0.0126. The van der Waals surface area contributed by atoms with E-state index in [1.54, 1.807) is 22.9 Å². The van der Waals surface area contributed by atoms with Gasteiger partial charge >= 0.3 is 0 Å². The molecule has 0 spiro atoms. The second kappa shape index (κ2) is 10.7. The van der Waals surface area contributed by atoms with Crippen molar-refractivity contribution in [2.45, 2.75) is 31.6 Å². The molecule has 1 N–H and O–H groups in total. The lowest BCUT2D eigenvalue weighted by atomic mass is 9.83. The van der Waals surface area contributed by atoms with Crippen LogP contribution >= 0.6 is 11.3 Å². The van der Waals surface area contributed by atoms with Gasteiger partial charge in [0, 0.05) is 22.7 Å². The number of carbonyl (C=O) groups excluding carboxylic acids is 1. The molecule has 196 valence electrons. The lowest BCUT2D eigenvalue weighted by Gasteiger charge is -2.23. The second-order valence-corrected chi connectivity index (χ2v) is 10.3. The first kappa shape index (κ1) is 24.7. The topological polar surface area (TPSA) is 111 Å². The Kier molecular flexibility index (Phi) is 6.76. The first-order valence-corrected chi connectivity index (χ1v) is 13.6. The van der Waals surface area contributed by atoms with Crippen LogP contribution in [0.4, 0.5) is 17.1 Å². The Balaban J connectivity index is 1.41. The van der Waals surface area contributed by atoms with E-state index >= 15 is 0 Å². The number of hydrogen-bond acceptors (Lipinski definition) is 7. The molecule has 1 aliphatic heterocycles. The van der Waals surface area contributed by atoms with Crippen LogP contribution in [0.3, 0.4) is 0 Å². The van der Waals surface area contributed by atoms with Gasteiger partial charge in [0.15, 0.2) is 6.61 Å². The van der Waals surface area contributed by atoms with Crippen molar-refractivity contribution in [3.05, 3.63) is 98.7 Å². The summed E-state index contributed by atoms with van der Waals surface area (Å²) in [5.74, 6) is 0.897. The van der Waals surface area contributed by atoms with Crippen LogP contribution in [-0.2, 0) is 4.79 Å². The third-order valence-electron chi connectivity index (χ3n) is 6.96. The van der Waals surface area contributed by atoms with Gasteiger partial charge in [0.1, 0.15) is 11.4 Å². The zero-order chi connectivity index (χ0) is 26.8. The van der Waals surface area contributed by atoms with Crippen LogP contribution in [-0.4, -0.2) is 27.8 Å². The van der Waals surface area contributed by atoms with Crippen LogP contribution in [0.1, 0.15) is 37.2 Å². The molecule has 0 atom stereocenters. The Labute approximate surface area is 228 Å². The molecule has 1 amide bonds. The van der Waals surface area contributed by atoms with E-state index in [4.69, 9.17) is 9.84 Å². The van der Waals surface area contributed by atoms with Crippen molar-refractivity contribution in [3.63, 3.8) is 0 Å². The number of nitro groups is 1. The highest BCUT2D eigenvalue weighted by Gasteiger charge is 2.22. The Hall–Kier alpha value is -4.57. The zero-order valence-corrected chi connectivity index (χ0v) is 21.8. The standard InChI is InChI=1S/C29H25N5O4S/c35-28-17-38-27-15-12-21(16-24(27)30-28)26-18-39-29(31-23-8-4-5-9-25(23)34(36)37)33(26)32-22-13-10-20(11-14-22)19-6-2-1-3-7-19/h1-9,12,15-16,18,20H,10-11,13-14,17H2,(H,30,35). The van der Waals surface area contributed by atoms with Crippen LogP contribution in [0.25, 0.3) is 11.3 Å². The largest absolute Gasteiger partial charge is 0.482 e. The summed E-state index contributed by atoms with van der Waals surface area (Å²) in [6.07, 6.45) is 3.70. The average Bonchev–Trinajstić information content (AvgIpc) is 3.35. The van der Waals surface area contributed by atoms with Gasteiger partial charge in [-0.15, -0.1) is 11.3 Å². The fourth-order valence-electron chi connectivity index (χ4n) is 4.98. The average molecular weight is 540 g/mol. The summed E-state index contributed by atoms with van der Waals surface area (Å²) in [5, 5.41) is 21.4. The van der Waals surface area contributed by atoms with Crippen LogP contribution < -0.4 is 14.9 Å². The molecule has 1 aromatic heterocycles. The normalized spacial score (nSPS) is 17.2. The van der Waals surface area contributed by atoms with Gasteiger partial charge in [-0.2, -0.15) is 5.10 Å². The SMILES string of the molecule is O=C1COc2ccc(-c3csc(=Nc4ccccc4[N+](=O)[O-])n3N=C3CCC(c4ccccc4)CC3)cc2N1. The fraction of sp³-hybridized carbons (Fsp3) is 0.207. The molecule has 39 heavy (non-hydrogen) atoms. The van der Waals surface area contributed by atoms with Gasteiger partial charge in [0.05, 0.1) is 16.3 Å². The van der Waals surface area contributed by atoms with E-state index in [1.807, 2.05) is 29.6 Å². The fourth-order valence-corrected chi connectivity index (χ4v) is 5.82. The van der Waals surface area contributed by atoms with E-state index in [2.05, 4.69) is 34.6 Å². The third kappa shape index (κ3) is 5.23. The number of nitro benzene ring substituents is 1. The number of thiazole rings is 1. The highest BCUT2D eigenvalue weighted by atomic mass is 32.1. The van der Waals surface area contributed by atoms with Crippen LogP contribution in [0, 0.1) is 10.1 Å². The molecular weight excluding hydrogens is 514 g/mol. The van der Waals surface area contributed by atoms with E-state index < -0.39 is 4.92 Å². The van der Waals surface area contributed by atoms with Gasteiger partial charge in [-0.05, 0) is 61.4 Å². The molecule has 1 aliphatic carbocycles. The maximum Gasteiger partial charge on any atom is 0.294 e. The number of nitrogens with one attached hydrogen (secondary N) is 1. The molecule has 2 heterocycles. The summed E-state index contributed by atoms with van der Waals surface area (Å²) in [6, 6.07) is 22.6. The Morgan fingerprint density at radius 3 is 2.59 bits per heavy atom.